The molecule has 0 saturated heterocycles. The Morgan fingerprint density at radius 2 is 1.68 bits per heavy atom. The largest absolute Gasteiger partial charge is 0.397 e. The number of aromatic nitrogens is 3. The minimum absolute atomic E-state index is 0.302. The summed E-state index contributed by atoms with van der Waals surface area (Å²) in [5, 5.41) is 8.30. The third kappa shape index (κ3) is 3.52. The van der Waals surface area contributed by atoms with Crippen molar-refractivity contribution in [1.82, 2.24) is 13.8 Å². The van der Waals surface area contributed by atoms with E-state index in [-0.39, 0.29) is 5.78 Å². The van der Waals surface area contributed by atoms with Gasteiger partial charge in [0.2, 0.25) is 5.78 Å². The molecule has 0 saturated carbocycles. The number of para-hydroxylation sites is 1. The van der Waals surface area contributed by atoms with Crippen molar-refractivity contribution < 1.29 is 9.00 Å². The smallest absolute Gasteiger partial charge is 0.215 e. The highest BCUT2D eigenvalue weighted by molar-refractivity contribution is 7.83. The second kappa shape index (κ2) is 8.53. The van der Waals surface area contributed by atoms with Crippen molar-refractivity contribution in [1.29, 1.82) is 0 Å². The van der Waals surface area contributed by atoms with E-state index in [0.29, 0.717) is 44.5 Å². The molecule has 34 heavy (non-hydrogen) atoms. The number of hydrogen-bond donors (Lipinski definition) is 3. The first-order valence-electron chi connectivity index (χ1n) is 10.5. The second-order valence-corrected chi connectivity index (χ2v) is 8.99. The van der Waals surface area contributed by atoms with Gasteiger partial charge in [0.15, 0.2) is 11.0 Å². The number of anilines is 3. The first-order valence-corrected chi connectivity index (χ1v) is 11.6. The summed E-state index contributed by atoms with van der Waals surface area (Å²) in [6, 6.07) is 23.5. The minimum atomic E-state index is -1.62. The molecule has 0 aliphatic heterocycles. The van der Waals surface area contributed by atoms with Crippen LogP contribution in [0.2, 0.25) is 0 Å². The Labute approximate surface area is 198 Å². The summed E-state index contributed by atoms with van der Waals surface area (Å²) in [7, 11) is 0.0891. The maximum Gasteiger partial charge on any atom is 0.215 e. The van der Waals surface area contributed by atoms with Crippen LogP contribution in [0, 0.1) is 0 Å². The lowest BCUT2D eigenvalue weighted by Gasteiger charge is -2.12. The number of nitrogens with zero attached hydrogens (tertiary/aromatic N) is 3. The van der Waals surface area contributed by atoms with Gasteiger partial charge in [-0.05, 0) is 42.5 Å². The van der Waals surface area contributed by atoms with Crippen LogP contribution in [0.5, 0.6) is 0 Å². The number of nitrogen functional groups attached to an aromatic ring is 2. The molecule has 0 spiro atoms. The SMILES string of the molecule is CNc1c(C(=O)c2cc3ccccc3n2S(=O)c2ccccc2)cnn1-c1ccc(N)c(N)c1. The predicted octanol–water partition coefficient (Wildman–Crippen LogP) is 3.84. The van der Waals surface area contributed by atoms with Crippen LogP contribution >= 0.6 is 0 Å². The van der Waals surface area contributed by atoms with Crippen molar-refractivity contribution >= 4 is 44.9 Å². The molecule has 1 unspecified atom stereocenters. The molecule has 0 aliphatic rings. The van der Waals surface area contributed by atoms with E-state index in [4.69, 9.17) is 11.5 Å². The Hall–Kier alpha value is -4.37. The van der Waals surface area contributed by atoms with E-state index in [1.54, 1.807) is 52.1 Å². The number of nitrogens with two attached hydrogens (primary N) is 2. The third-order valence-electron chi connectivity index (χ3n) is 5.58. The average molecular weight is 471 g/mol. The predicted molar refractivity (Wildman–Crippen MR) is 136 cm³/mol. The molecule has 0 radical (unpaired) electrons. The van der Waals surface area contributed by atoms with Crippen molar-refractivity contribution in [3.8, 4) is 5.69 Å². The summed E-state index contributed by atoms with van der Waals surface area (Å²) >= 11 is 0. The van der Waals surface area contributed by atoms with Crippen LogP contribution in [0.3, 0.4) is 0 Å². The van der Waals surface area contributed by atoms with E-state index in [1.165, 1.54) is 6.20 Å². The molecule has 0 aliphatic carbocycles. The molecule has 9 heteroatoms. The molecule has 170 valence electrons. The van der Waals surface area contributed by atoms with Crippen LogP contribution in [0.4, 0.5) is 17.2 Å². The van der Waals surface area contributed by atoms with Gasteiger partial charge in [-0.15, -0.1) is 0 Å². The van der Waals surface area contributed by atoms with Gasteiger partial charge in [-0.25, -0.2) is 8.89 Å². The highest BCUT2D eigenvalue weighted by Gasteiger charge is 2.26. The molecule has 0 bridgehead atoms. The lowest BCUT2D eigenvalue weighted by molar-refractivity contribution is 0.103. The summed E-state index contributed by atoms with van der Waals surface area (Å²) in [4.78, 5) is 14.4. The van der Waals surface area contributed by atoms with Gasteiger partial charge in [-0.3, -0.25) is 8.77 Å². The number of benzene rings is 3. The normalized spacial score (nSPS) is 12.0. The van der Waals surface area contributed by atoms with Crippen molar-refractivity contribution in [3.63, 3.8) is 0 Å². The van der Waals surface area contributed by atoms with Crippen molar-refractivity contribution in [2.24, 2.45) is 0 Å². The first kappa shape index (κ1) is 21.5. The summed E-state index contributed by atoms with van der Waals surface area (Å²) in [5.74, 6) is 0.177. The Balaban J connectivity index is 1.66. The fourth-order valence-electron chi connectivity index (χ4n) is 3.89. The molecule has 0 fully saturated rings. The zero-order valence-corrected chi connectivity index (χ0v) is 19.1. The van der Waals surface area contributed by atoms with Gasteiger partial charge < -0.3 is 16.8 Å². The highest BCUT2D eigenvalue weighted by Crippen LogP contribution is 2.29. The van der Waals surface area contributed by atoms with E-state index in [1.807, 2.05) is 42.5 Å². The zero-order valence-electron chi connectivity index (χ0n) is 18.3. The van der Waals surface area contributed by atoms with Gasteiger partial charge in [0.1, 0.15) is 11.5 Å². The van der Waals surface area contributed by atoms with Gasteiger partial charge in [-0.2, -0.15) is 5.10 Å². The number of carbonyl (C=O) groups excluding carboxylic acids is 1. The van der Waals surface area contributed by atoms with Crippen molar-refractivity contribution in [2.75, 3.05) is 23.8 Å². The number of hydrogen-bond acceptors (Lipinski definition) is 6. The minimum Gasteiger partial charge on any atom is -0.397 e. The van der Waals surface area contributed by atoms with Gasteiger partial charge in [0, 0.05) is 12.4 Å². The number of ketones is 1. The van der Waals surface area contributed by atoms with Crippen LogP contribution in [0.15, 0.2) is 90.0 Å². The molecule has 5 N–H and O–H groups in total. The molecule has 5 rings (SSSR count). The molecule has 3 aromatic carbocycles. The van der Waals surface area contributed by atoms with Gasteiger partial charge >= 0.3 is 0 Å². The van der Waals surface area contributed by atoms with Gasteiger partial charge in [-0.1, -0.05) is 36.4 Å². The Morgan fingerprint density at radius 1 is 0.941 bits per heavy atom. The summed E-state index contributed by atoms with van der Waals surface area (Å²) in [6.07, 6.45) is 1.49. The maximum atomic E-state index is 13.8. The number of nitrogens with one attached hydrogen (secondary N) is 1. The summed E-state index contributed by atoms with van der Waals surface area (Å²) in [5.41, 5.74) is 14.7. The number of rotatable bonds is 6. The fraction of sp³-hybridized carbons (Fsp3) is 0.0400. The van der Waals surface area contributed by atoms with E-state index in [9.17, 15) is 9.00 Å². The molecule has 2 heterocycles. The van der Waals surface area contributed by atoms with Gasteiger partial charge in [0.25, 0.3) is 0 Å². The topological polar surface area (TPSA) is 121 Å². The molecular weight excluding hydrogens is 448 g/mol. The zero-order chi connectivity index (χ0) is 23.8. The fourth-order valence-corrected chi connectivity index (χ4v) is 5.15. The van der Waals surface area contributed by atoms with Crippen LogP contribution in [0.1, 0.15) is 16.1 Å². The number of fused-ring (bicyclic) bond motifs is 1. The first-order chi connectivity index (χ1) is 16.5. The van der Waals surface area contributed by atoms with E-state index in [2.05, 4.69) is 10.4 Å². The highest BCUT2D eigenvalue weighted by atomic mass is 32.2. The standard InChI is InChI=1S/C25H22N6O2S/c1-28-25-19(15-29-30(25)17-11-12-20(26)21(27)14-17)24(32)23-13-16-7-5-6-10-22(16)31(23)34(33)18-8-3-2-4-9-18/h2-15,28H,26-27H2,1H3. The lowest BCUT2D eigenvalue weighted by atomic mass is 10.1. The average Bonchev–Trinajstić information content (AvgIpc) is 3.47. The van der Waals surface area contributed by atoms with Crippen molar-refractivity contribution in [3.05, 3.63) is 96.3 Å². The number of carbonyl (C=O) groups is 1. The van der Waals surface area contributed by atoms with Crippen LogP contribution in [-0.4, -0.2) is 30.8 Å². The van der Waals surface area contributed by atoms with Crippen molar-refractivity contribution in [2.45, 2.75) is 4.90 Å². The Morgan fingerprint density at radius 3 is 2.41 bits per heavy atom. The molecule has 5 aromatic rings. The molecular formula is C25H22N6O2S. The molecule has 0 amide bonds. The maximum absolute atomic E-state index is 13.8. The third-order valence-corrected chi connectivity index (χ3v) is 6.98. The second-order valence-electron chi connectivity index (χ2n) is 7.66. The Bertz CT molecular complexity index is 1550. The van der Waals surface area contributed by atoms with E-state index in [0.717, 1.165) is 5.39 Å². The van der Waals surface area contributed by atoms with Gasteiger partial charge in [0.05, 0.1) is 39.2 Å². The van der Waals surface area contributed by atoms with Crippen LogP contribution in [-0.2, 0) is 11.0 Å². The summed E-state index contributed by atoms with van der Waals surface area (Å²) in [6.45, 7) is 0. The lowest BCUT2D eigenvalue weighted by Crippen LogP contribution is -2.15. The van der Waals surface area contributed by atoms with E-state index < -0.39 is 11.0 Å². The molecule has 8 nitrogen and oxygen atoms in total. The Kier molecular flexibility index (Phi) is 5.39. The molecule has 2 aromatic heterocycles. The quantitative estimate of drug-likeness (QED) is 0.256. The monoisotopic (exact) mass is 470 g/mol. The van der Waals surface area contributed by atoms with Crippen LogP contribution in [0.25, 0.3) is 16.6 Å². The van der Waals surface area contributed by atoms with Crippen LogP contribution < -0.4 is 16.8 Å². The summed E-state index contributed by atoms with van der Waals surface area (Å²) < 4.78 is 16.8. The molecule has 1 atom stereocenters. The van der Waals surface area contributed by atoms with E-state index >= 15 is 0 Å².